The van der Waals surface area contributed by atoms with E-state index in [4.69, 9.17) is 0 Å². The van der Waals surface area contributed by atoms with E-state index in [1.54, 1.807) is 24.3 Å². The van der Waals surface area contributed by atoms with E-state index in [1.165, 1.54) is 16.4 Å². The number of benzene rings is 3. The van der Waals surface area contributed by atoms with Crippen molar-refractivity contribution in [1.29, 1.82) is 0 Å². The zero-order valence-electron chi connectivity index (χ0n) is 18.5. The number of sulfonamides is 1. The summed E-state index contributed by atoms with van der Waals surface area (Å²) < 4.78 is 79.8. The molecule has 3 aromatic carbocycles. The second-order valence-corrected chi connectivity index (χ2v) is 10.1. The Labute approximate surface area is 200 Å². The topological polar surface area (TPSA) is 66.5 Å². The molecule has 35 heavy (non-hydrogen) atoms. The van der Waals surface area contributed by atoms with Gasteiger partial charge < -0.3 is 5.32 Å². The molecule has 0 saturated heterocycles. The van der Waals surface area contributed by atoms with E-state index in [0.717, 1.165) is 24.5 Å². The molecule has 4 rings (SSSR count). The number of carbonyl (C=O) groups excluding carboxylic acids is 1. The molecule has 184 valence electrons. The number of anilines is 2. The van der Waals surface area contributed by atoms with Crippen molar-refractivity contribution in [3.05, 3.63) is 89.2 Å². The molecule has 5 nitrogen and oxygen atoms in total. The molecule has 0 atom stereocenters. The number of carbonyl (C=O) groups is 1. The van der Waals surface area contributed by atoms with Crippen LogP contribution in [0.2, 0.25) is 0 Å². The summed E-state index contributed by atoms with van der Waals surface area (Å²) in [7, 11) is -3.75. The molecular weight excluding hydrogens is 484 g/mol. The van der Waals surface area contributed by atoms with Crippen molar-refractivity contribution in [1.82, 2.24) is 0 Å². The fourth-order valence-corrected chi connectivity index (χ4v) is 5.55. The van der Waals surface area contributed by atoms with Crippen molar-refractivity contribution in [2.75, 3.05) is 16.2 Å². The number of para-hydroxylation sites is 1. The molecule has 0 aromatic heterocycles. The number of nitrogens with one attached hydrogen (secondary N) is 1. The van der Waals surface area contributed by atoms with Crippen LogP contribution in [0.1, 0.15) is 29.5 Å². The number of hydrogen-bond acceptors (Lipinski definition) is 3. The fraction of sp³-hybridized carbons (Fsp3) is 0.240. The standard InChI is InChI=1S/C25H22F4N2O3S/c26-22-13-10-19(16-21(22)25(27,28)29)30-24(32)14-9-17-7-11-20(12-8-17)35(33,34)31-15-3-5-18-4-1-2-6-23(18)31/h1-2,4,6-8,10-13,16H,3,5,9,14-15H2,(H,30,32). The van der Waals surface area contributed by atoms with Gasteiger partial charge in [0.2, 0.25) is 5.91 Å². The first-order valence-corrected chi connectivity index (χ1v) is 12.4. The Morgan fingerprint density at radius 3 is 2.43 bits per heavy atom. The van der Waals surface area contributed by atoms with E-state index in [2.05, 4.69) is 5.32 Å². The zero-order valence-corrected chi connectivity index (χ0v) is 19.3. The predicted molar refractivity (Wildman–Crippen MR) is 124 cm³/mol. The van der Waals surface area contributed by atoms with Crippen LogP contribution >= 0.6 is 0 Å². The summed E-state index contributed by atoms with van der Waals surface area (Å²) in [5.74, 6) is -1.97. The monoisotopic (exact) mass is 506 g/mol. The minimum Gasteiger partial charge on any atom is -0.326 e. The van der Waals surface area contributed by atoms with E-state index in [-0.39, 0.29) is 23.4 Å². The highest BCUT2D eigenvalue weighted by Crippen LogP contribution is 2.33. The summed E-state index contributed by atoms with van der Waals surface area (Å²) in [6, 6.07) is 15.8. The molecule has 3 aromatic rings. The van der Waals surface area contributed by atoms with E-state index >= 15 is 0 Å². The Kier molecular flexibility index (Phi) is 6.84. The van der Waals surface area contributed by atoms with Gasteiger partial charge in [-0.1, -0.05) is 30.3 Å². The Balaban J connectivity index is 1.40. The normalized spacial score (nSPS) is 13.9. The number of aryl methyl sites for hydroxylation is 2. The minimum absolute atomic E-state index is 0.0513. The van der Waals surface area contributed by atoms with Crippen LogP contribution < -0.4 is 9.62 Å². The summed E-state index contributed by atoms with van der Waals surface area (Å²) in [5.41, 5.74) is 0.728. The van der Waals surface area contributed by atoms with Crippen molar-refractivity contribution in [3.8, 4) is 0 Å². The van der Waals surface area contributed by atoms with Gasteiger partial charge in [0.15, 0.2) is 0 Å². The van der Waals surface area contributed by atoms with Crippen molar-refractivity contribution >= 4 is 27.3 Å². The van der Waals surface area contributed by atoms with Crippen molar-refractivity contribution in [2.24, 2.45) is 0 Å². The molecule has 1 amide bonds. The van der Waals surface area contributed by atoms with Crippen LogP contribution in [0.25, 0.3) is 0 Å². The predicted octanol–water partition coefficient (Wildman–Crippen LogP) is 5.56. The molecule has 0 bridgehead atoms. The number of alkyl halides is 3. The third-order valence-corrected chi connectivity index (χ3v) is 7.60. The lowest BCUT2D eigenvalue weighted by Crippen LogP contribution is -2.35. The van der Waals surface area contributed by atoms with Crippen molar-refractivity contribution in [3.63, 3.8) is 0 Å². The Morgan fingerprint density at radius 2 is 1.71 bits per heavy atom. The highest BCUT2D eigenvalue weighted by molar-refractivity contribution is 7.92. The summed E-state index contributed by atoms with van der Waals surface area (Å²) in [5, 5.41) is 2.33. The van der Waals surface area contributed by atoms with Crippen molar-refractivity contribution < 1.29 is 30.8 Å². The zero-order chi connectivity index (χ0) is 25.2. The Hall–Kier alpha value is -3.40. The quantitative estimate of drug-likeness (QED) is 0.446. The Bertz CT molecular complexity index is 1340. The molecular formula is C25H22F4N2O3S. The van der Waals surface area contributed by atoms with Crippen LogP contribution in [0.15, 0.2) is 71.6 Å². The van der Waals surface area contributed by atoms with Crippen LogP contribution in [0.5, 0.6) is 0 Å². The molecule has 0 unspecified atom stereocenters. The maximum atomic E-state index is 13.4. The summed E-state index contributed by atoms with van der Waals surface area (Å²) in [6.45, 7) is 0.390. The van der Waals surface area contributed by atoms with Gasteiger partial charge in [-0.05, 0) is 66.8 Å². The van der Waals surface area contributed by atoms with Gasteiger partial charge in [-0.2, -0.15) is 13.2 Å². The van der Waals surface area contributed by atoms with Crippen LogP contribution in [0.4, 0.5) is 28.9 Å². The largest absolute Gasteiger partial charge is 0.419 e. The molecule has 1 aliphatic heterocycles. The number of halogens is 4. The van der Waals surface area contributed by atoms with Crippen molar-refractivity contribution in [2.45, 2.75) is 36.8 Å². The lowest BCUT2D eigenvalue weighted by molar-refractivity contribution is -0.140. The van der Waals surface area contributed by atoms with E-state index in [0.29, 0.717) is 29.9 Å². The molecule has 0 aliphatic carbocycles. The highest BCUT2D eigenvalue weighted by Gasteiger charge is 2.34. The maximum Gasteiger partial charge on any atom is 0.419 e. The highest BCUT2D eigenvalue weighted by atomic mass is 32.2. The average Bonchev–Trinajstić information content (AvgIpc) is 2.83. The van der Waals surface area contributed by atoms with Crippen LogP contribution in [0, 0.1) is 5.82 Å². The van der Waals surface area contributed by atoms with Gasteiger partial charge in [-0.3, -0.25) is 9.10 Å². The van der Waals surface area contributed by atoms with E-state index < -0.39 is 33.5 Å². The first-order valence-electron chi connectivity index (χ1n) is 10.9. The summed E-state index contributed by atoms with van der Waals surface area (Å²) >= 11 is 0. The lowest BCUT2D eigenvalue weighted by Gasteiger charge is -2.30. The van der Waals surface area contributed by atoms with Crippen LogP contribution in [-0.2, 0) is 33.8 Å². The summed E-state index contributed by atoms with van der Waals surface area (Å²) in [4.78, 5) is 12.3. The molecule has 1 N–H and O–H groups in total. The van der Waals surface area contributed by atoms with Gasteiger partial charge in [0, 0.05) is 18.7 Å². The first kappa shape index (κ1) is 24.7. The molecule has 0 fully saturated rings. The number of rotatable bonds is 6. The smallest absolute Gasteiger partial charge is 0.326 e. The second-order valence-electron chi connectivity index (χ2n) is 8.19. The SMILES string of the molecule is O=C(CCc1ccc(S(=O)(=O)N2CCCc3ccccc32)cc1)Nc1ccc(F)c(C(F)(F)F)c1. The molecule has 0 radical (unpaired) electrons. The third kappa shape index (κ3) is 5.48. The molecule has 0 spiro atoms. The maximum absolute atomic E-state index is 13.4. The van der Waals surface area contributed by atoms with Gasteiger partial charge in [-0.25, -0.2) is 12.8 Å². The molecule has 10 heteroatoms. The number of fused-ring (bicyclic) bond motifs is 1. The van der Waals surface area contributed by atoms with Gasteiger partial charge in [0.05, 0.1) is 16.1 Å². The summed E-state index contributed by atoms with van der Waals surface area (Å²) in [6.07, 6.45) is -3.14. The molecule has 1 heterocycles. The first-order chi connectivity index (χ1) is 16.6. The number of amides is 1. The lowest BCUT2D eigenvalue weighted by atomic mass is 10.0. The Morgan fingerprint density at radius 1 is 1.00 bits per heavy atom. The van der Waals surface area contributed by atoms with Gasteiger partial charge in [0.25, 0.3) is 10.0 Å². The molecule has 0 saturated carbocycles. The number of nitrogens with zero attached hydrogens (tertiary/aromatic N) is 1. The fourth-order valence-electron chi connectivity index (χ4n) is 4.01. The second kappa shape index (κ2) is 9.69. The van der Waals surface area contributed by atoms with Crippen LogP contribution in [-0.4, -0.2) is 20.9 Å². The van der Waals surface area contributed by atoms with Gasteiger partial charge in [0.1, 0.15) is 5.82 Å². The minimum atomic E-state index is -4.87. The number of hydrogen-bond donors (Lipinski definition) is 1. The molecule has 1 aliphatic rings. The average molecular weight is 507 g/mol. The van der Waals surface area contributed by atoms with Crippen LogP contribution in [0.3, 0.4) is 0 Å². The van der Waals surface area contributed by atoms with E-state index in [1.807, 2.05) is 12.1 Å². The third-order valence-electron chi connectivity index (χ3n) is 5.78. The van der Waals surface area contributed by atoms with Gasteiger partial charge in [-0.15, -0.1) is 0 Å². The van der Waals surface area contributed by atoms with E-state index in [9.17, 15) is 30.8 Å². The van der Waals surface area contributed by atoms with Gasteiger partial charge >= 0.3 is 6.18 Å².